The van der Waals surface area contributed by atoms with Crippen molar-refractivity contribution >= 4 is 24.5 Å². The van der Waals surface area contributed by atoms with Gasteiger partial charge in [0.05, 0.1) is 0 Å². The number of nitrogens with zero attached hydrogens (tertiary/aromatic N) is 3. The van der Waals surface area contributed by atoms with Gasteiger partial charge >= 0.3 is 0 Å². The second-order valence-electron chi connectivity index (χ2n) is 8.63. The maximum absolute atomic E-state index is 12.3. The lowest BCUT2D eigenvalue weighted by atomic mass is 10.1. The second-order valence-corrected chi connectivity index (χ2v) is 8.63. The van der Waals surface area contributed by atoms with E-state index in [-0.39, 0.29) is 18.9 Å². The average Bonchev–Trinajstić information content (AvgIpc) is 2.82. The maximum atomic E-state index is 12.3. The quantitative estimate of drug-likeness (QED) is 0.502. The van der Waals surface area contributed by atoms with Crippen LogP contribution in [0, 0.1) is 0 Å². The highest BCUT2D eigenvalue weighted by Gasteiger charge is 2.20. The van der Waals surface area contributed by atoms with Crippen LogP contribution in [0.15, 0.2) is 24.3 Å². The number of carbonyl (C=O) groups is 3. The van der Waals surface area contributed by atoms with Crippen molar-refractivity contribution in [3.63, 3.8) is 0 Å². The highest BCUT2D eigenvalue weighted by Crippen LogP contribution is 2.21. The topological polar surface area (TPSA) is 123 Å². The Labute approximate surface area is 202 Å². The molecule has 1 aromatic carbocycles. The number of nitrogens with one attached hydrogen (secondary N) is 1. The monoisotopic (exact) mass is 480 g/mol. The molecule has 34 heavy (non-hydrogen) atoms. The summed E-state index contributed by atoms with van der Waals surface area (Å²) < 4.78 is 6.07. The highest BCUT2D eigenvalue weighted by molar-refractivity contribution is 5.90. The van der Waals surface area contributed by atoms with Crippen molar-refractivity contribution in [3.05, 3.63) is 24.3 Å². The van der Waals surface area contributed by atoms with E-state index in [1.807, 2.05) is 24.3 Å². The van der Waals surface area contributed by atoms with Crippen molar-refractivity contribution in [2.75, 3.05) is 58.7 Å². The van der Waals surface area contributed by atoms with Crippen LogP contribution in [0.2, 0.25) is 0 Å². The fraction of sp³-hybridized carbons (Fsp3) is 0.625. The fourth-order valence-electron chi connectivity index (χ4n) is 3.92. The third-order valence-electron chi connectivity index (χ3n) is 6.06. The molecule has 0 aliphatic carbocycles. The lowest BCUT2D eigenvalue weighted by molar-refractivity contribution is -0.123. The van der Waals surface area contributed by atoms with Gasteiger partial charge in [0.1, 0.15) is 11.9 Å². The number of benzene rings is 1. The minimum atomic E-state index is -0.250. The van der Waals surface area contributed by atoms with Crippen LogP contribution in [-0.2, 0) is 14.4 Å². The number of hydrogen-bond donors (Lipinski definition) is 3. The van der Waals surface area contributed by atoms with Crippen LogP contribution in [0.25, 0.3) is 0 Å². The smallest absolute Gasteiger partial charge is 0.290 e. The van der Waals surface area contributed by atoms with Gasteiger partial charge in [0.25, 0.3) is 12.9 Å². The van der Waals surface area contributed by atoms with E-state index in [2.05, 4.69) is 41.0 Å². The van der Waals surface area contributed by atoms with E-state index in [4.69, 9.17) is 24.5 Å². The molecule has 0 aromatic heterocycles. The molecule has 2 aliphatic heterocycles. The van der Waals surface area contributed by atoms with E-state index in [1.54, 1.807) is 0 Å². The van der Waals surface area contributed by atoms with Crippen LogP contribution in [0.4, 0.5) is 5.69 Å². The SMILES string of the molecule is CC(CCC(=O)Nc1ccc(OC2CCN(C)CC2)cc1)N1CCN(C)CC1.O=CO.O=CO. The normalized spacial score (nSPS) is 18.3. The zero-order chi connectivity index (χ0) is 25.3. The molecule has 3 rings (SSSR count). The Balaban J connectivity index is 0.000000872. The van der Waals surface area contributed by atoms with E-state index in [0.717, 1.165) is 70.0 Å². The Morgan fingerprint density at radius 1 is 1.00 bits per heavy atom. The maximum Gasteiger partial charge on any atom is 0.290 e. The molecule has 3 N–H and O–H groups in total. The molecule has 1 aromatic rings. The summed E-state index contributed by atoms with van der Waals surface area (Å²) in [6.45, 7) is 8.32. The van der Waals surface area contributed by atoms with Crippen molar-refractivity contribution in [1.82, 2.24) is 14.7 Å². The number of piperidine rings is 1. The van der Waals surface area contributed by atoms with Crippen LogP contribution < -0.4 is 10.1 Å². The Hall–Kier alpha value is -2.69. The molecular weight excluding hydrogens is 440 g/mol. The van der Waals surface area contributed by atoms with Crippen LogP contribution in [0.5, 0.6) is 5.75 Å². The van der Waals surface area contributed by atoms with Crippen LogP contribution >= 0.6 is 0 Å². The summed E-state index contributed by atoms with van der Waals surface area (Å²) in [5.41, 5.74) is 0.841. The zero-order valence-corrected chi connectivity index (χ0v) is 20.6. The Bertz CT molecular complexity index is 696. The molecule has 1 amide bonds. The van der Waals surface area contributed by atoms with Crippen molar-refractivity contribution in [1.29, 1.82) is 0 Å². The van der Waals surface area contributed by atoms with Crippen molar-refractivity contribution in [2.24, 2.45) is 0 Å². The molecule has 10 heteroatoms. The second kappa shape index (κ2) is 16.9. The summed E-state index contributed by atoms with van der Waals surface area (Å²) in [5.74, 6) is 0.973. The van der Waals surface area contributed by atoms with E-state index in [9.17, 15) is 4.79 Å². The van der Waals surface area contributed by atoms with Gasteiger partial charge < -0.3 is 30.1 Å². The van der Waals surface area contributed by atoms with Gasteiger partial charge in [-0.25, -0.2) is 0 Å². The Morgan fingerprint density at radius 3 is 2.03 bits per heavy atom. The summed E-state index contributed by atoms with van der Waals surface area (Å²) in [4.78, 5) is 36.2. The molecular formula is C24H40N4O6. The van der Waals surface area contributed by atoms with Crippen molar-refractivity contribution < 1.29 is 29.3 Å². The number of piperazine rings is 1. The number of amides is 1. The number of likely N-dealkylation sites (tertiary alicyclic amines) is 1. The molecule has 0 bridgehead atoms. The summed E-state index contributed by atoms with van der Waals surface area (Å²) in [7, 11) is 4.32. The highest BCUT2D eigenvalue weighted by atomic mass is 16.5. The molecule has 2 fully saturated rings. The molecule has 0 spiro atoms. The van der Waals surface area contributed by atoms with Gasteiger partial charge in [0, 0.05) is 57.4 Å². The predicted octanol–water partition coefficient (Wildman–Crippen LogP) is 1.92. The van der Waals surface area contributed by atoms with Gasteiger partial charge in [0.2, 0.25) is 5.91 Å². The lowest BCUT2D eigenvalue weighted by Crippen LogP contribution is -2.48. The molecule has 0 radical (unpaired) electrons. The number of hydrogen-bond acceptors (Lipinski definition) is 7. The lowest BCUT2D eigenvalue weighted by Gasteiger charge is -2.36. The van der Waals surface area contributed by atoms with E-state index < -0.39 is 0 Å². The number of likely N-dealkylation sites (N-methyl/N-ethyl adjacent to an activating group) is 1. The van der Waals surface area contributed by atoms with Crippen LogP contribution in [0.1, 0.15) is 32.6 Å². The van der Waals surface area contributed by atoms with Gasteiger partial charge in [-0.1, -0.05) is 0 Å². The first-order valence-electron chi connectivity index (χ1n) is 11.7. The number of anilines is 1. The van der Waals surface area contributed by atoms with Gasteiger partial charge in [-0.3, -0.25) is 19.3 Å². The minimum Gasteiger partial charge on any atom is -0.490 e. The first-order chi connectivity index (χ1) is 16.3. The van der Waals surface area contributed by atoms with E-state index in [0.29, 0.717) is 18.6 Å². The molecule has 192 valence electrons. The summed E-state index contributed by atoms with van der Waals surface area (Å²) in [6.07, 6.45) is 3.89. The summed E-state index contributed by atoms with van der Waals surface area (Å²) in [5, 5.41) is 16.8. The van der Waals surface area contributed by atoms with E-state index >= 15 is 0 Å². The number of ether oxygens (including phenoxy) is 1. The molecule has 1 atom stereocenters. The summed E-state index contributed by atoms with van der Waals surface area (Å²) >= 11 is 0. The molecule has 10 nitrogen and oxygen atoms in total. The van der Waals surface area contributed by atoms with Crippen LogP contribution in [-0.4, -0.2) is 109 Å². The first-order valence-corrected chi connectivity index (χ1v) is 11.7. The molecule has 1 unspecified atom stereocenters. The molecule has 2 heterocycles. The van der Waals surface area contributed by atoms with E-state index in [1.165, 1.54) is 0 Å². The first kappa shape index (κ1) is 29.3. The molecule has 0 saturated carbocycles. The standard InChI is InChI=1S/C22H36N4O2.2CH2O2/c1-18(26-16-14-25(3)15-17-26)4-9-22(27)23-19-5-7-20(8-6-19)28-21-10-12-24(2)13-11-21;2*2-1-3/h5-8,18,21H,4,9-17H2,1-3H3,(H,23,27);2*1H,(H,2,3). The molecule has 2 aliphatic rings. The summed E-state index contributed by atoms with van der Waals surface area (Å²) in [6, 6.07) is 8.24. The average molecular weight is 481 g/mol. The predicted molar refractivity (Wildman–Crippen MR) is 131 cm³/mol. The van der Waals surface area contributed by atoms with Crippen LogP contribution in [0.3, 0.4) is 0 Å². The largest absolute Gasteiger partial charge is 0.490 e. The van der Waals surface area contributed by atoms with Gasteiger partial charge in [0.15, 0.2) is 0 Å². The Morgan fingerprint density at radius 2 is 1.50 bits per heavy atom. The zero-order valence-electron chi connectivity index (χ0n) is 20.6. The third-order valence-corrected chi connectivity index (χ3v) is 6.06. The number of rotatable bonds is 7. The van der Waals surface area contributed by atoms with Gasteiger partial charge in [-0.05, 0) is 64.5 Å². The minimum absolute atomic E-state index is 0.0879. The van der Waals surface area contributed by atoms with Crippen molar-refractivity contribution in [2.45, 2.75) is 44.8 Å². The third kappa shape index (κ3) is 12.0. The number of carbonyl (C=O) groups excluding carboxylic acids is 1. The fourth-order valence-corrected chi connectivity index (χ4v) is 3.92. The number of carboxylic acid groups (broad SMARTS) is 2. The van der Waals surface area contributed by atoms with Gasteiger partial charge in [-0.2, -0.15) is 0 Å². The van der Waals surface area contributed by atoms with Gasteiger partial charge in [-0.15, -0.1) is 0 Å². The Kier molecular flexibility index (Phi) is 14.5. The molecule has 2 saturated heterocycles. The van der Waals surface area contributed by atoms with Crippen molar-refractivity contribution in [3.8, 4) is 5.75 Å².